The minimum atomic E-state index is -0.976. The minimum absolute atomic E-state index is 0.0170. The van der Waals surface area contributed by atoms with E-state index in [1.165, 1.54) is 22.3 Å². The predicted molar refractivity (Wildman–Crippen MR) is 122 cm³/mol. The lowest BCUT2D eigenvalue weighted by Crippen LogP contribution is -2.64. The Morgan fingerprint density at radius 1 is 1.03 bits per heavy atom. The van der Waals surface area contributed by atoms with Gasteiger partial charge >= 0.3 is 6.09 Å². The van der Waals surface area contributed by atoms with Crippen LogP contribution in [-0.2, 0) is 18.9 Å². The highest BCUT2D eigenvalue weighted by molar-refractivity contribution is 5.79. The molecule has 0 saturated carbocycles. The number of nitrogens with zero attached hydrogens (tertiary/aromatic N) is 1. The van der Waals surface area contributed by atoms with Crippen molar-refractivity contribution >= 4 is 6.09 Å². The average Bonchev–Trinajstić information content (AvgIpc) is 3.14. The molecular formula is C26H31NO6. The molecule has 1 N–H and O–H groups in total. The van der Waals surface area contributed by atoms with Gasteiger partial charge < -0.3 is 24.1 Å². The summed E-state index contributed by atoms with van der Waals surface area (Å²) in [6.45, 7) is 1.05. The third kappa shape index (κ3) is 4.15. The molecule has 0 radical (unpaired) electrons. The lowest BCUT2D eigenvalue weighted by atomic mass is 9.79. The number of methoxy groups -OCH3 is 2. The highest BCUT2D eigenvalue weighted by Crippen LogP contribution is 2.45. The van der Waals surface area contributed by atoms with Crippen molar-refractivity contribution in [3.63, 3.8) is 0 Å². The van der Waals surface area contributed by atoms with Gasteiger partial charge in [-0.1, -0.05) is 48.5 Å². The van der Waals surface area contributed by atoms with Crippen LogP contribution in [0.25, 0.3) is 11.1 Å². The standard InChI is InChI=1S/C26H31NO6/c1-30-24(31-2)13-26(29)11-17-14-32-15-18(12-26)27(17)25(28)33-16-23-21-9-5-3-7-19(21)20-8-4-6-10-22(20)23/h3-10,17-18,23-24,29H,11-16H2,1-2H3. The highest BCUT2D eigenvalue weighted by atomic mass is 16.7. The van der Waals surface area contributed by atoms with Gasteiger partial charge in [-0.25, -0.2) is 4.79 Å². The molecule has 3 aliphatic rings. The summed E-state index contributed by atoms with van der Waals surface area (Å²) in [4.78, 5) is 15.0. The Balaban J connectivity index is 1.29. The smallest absolute Gasteiger partial charge is 0.410 e. The Kier molecular flexibility index (Phi) is 6.14. The summed E-state index contributed by atoms with van der Waals surface area (Å²) in [5, 5.41) is 11.2. The zero-order valence-electron chi connectivity index (χ0n) is 19.1. The van der Waals surface area contributed by atoms with Crippen LogP contribution >= 0.6 is 0 Å². The van der Waals surface area contributed by atoms with Crippen LogP contribution < -0.4 is 0 Å². The number of hydrogen-bond acceptors (Lipinski definition) is 6. The Bertz CT molecular complexity index is 946. The van der Waals surface area contributed by atoms with E-state index in [4.69, 9.17) is 18.9 Å². The average molecular weight is 454 g/mol. The molecule has 2 heterocycles. The van der Waals surface area contributed by atoms with Crippen molar-refractivity contribution in [2.45, 2.75) is 49.2 Å². The van der Waals surface area contributed by atoms with Crippen molar-refractivity contribution in [3.05, 3.63) is 59.7 Å². The number of rotatable bonds is 6. The molecule has 2 fully saturated rings. The van der Waals surface area contributed by atoms with E-state index in [9.17, 15) is 9.90 Å². The number of carbonyl (C=O) groups is 1. The number of amides is 1. The van der Waals surface area contributed by atoms with Gasteiger partial charge in [0, 0.05) is 26.6 Å². The van der Waals surface area contributed by atoms with Crippen molar-refractivity contribution in [3.8, 4) is 11.1 Å². The van der Waals surface area contributed by atoms with Crippen molar-refractivity contribution in [1.29, 1.82) is 0 Å². The molecule has 0 spiro atoms. The van der Waals surface area contributed by atoms with E-state index in [2.05, 4.69) is 24.3 Å². The SMILES string of the molecule is COC(CC1(O)CC2COCC(C1)N2C(=O)OCC1c2ccccc2-c2ccccc21)OC. The first-order chi connectivity index (χ1) is 16.0. The van der Waals surface area contributed by atoms with Crippen LogP contribution in [0, 0.1) is 0 Å². The molecular weight excluding hydrogens is 422 g/mol. The molecule has 0 aromatic heterocycles. The molecule has 2 bridgehead atoms. The van der Waals surface area contributed by atoms with Crippen LogP contribution in [0.15, 0.2) is 48.5 Å². The molecule has 1 aliphatic carbocycles. The molecule has 2 atom stereocenters. The molecule has 7 heteroatoms. The number of ether oxygens (including phenoxy) is 4. The third-order valence-electron chi connectivity index (χ3n) is 7.26. The molecule has 5 rings (SSSR count). The van der Waals surface area contributed by atoms with E-state index in [-0.39, 0.29) is 30.7 Å². The largest absolute Gasteiger partial charge is 0.448 e. The molecule has 2 saturated heterocycles. The quantitative estimate of drug-likeness (QED) is 0.675. The van der Waals surface area contributed by atoms with Crippen LogP contribution in [0.3, 0.4) is 0 Å². The van der Waals surface area contributed by atoms with Crippen LogP contribution in [0.4, 0.5) is 4.79 Å². The second-order valence-corrected chi connectivity index (χ2v) is 9.29. The Labute approximate surface area is 194 Å². The first-order valence-electron chi connectivity index (χ1n) is 11.5. The van der Waals surface area contributed by atoms with E-state index >= 15 is 0 Å². The first kappa shape index (κ1) is 22.3. The monoisotopic (exact) mass is 453 g/mol. The Morgan fingerprint density at radius 3 is 2.12 bits per heavy atom. The molecule has 33 heavy (non-hydrogen) atoms. The van der Waals surface area contributed by atoms with Crippen molar-refractivity contribution in [2.75, 3.05) is 34.0 Å². The van der Waals surface area contributed by atoms with Gasteiger partial charge in [0.05, 0.1) is 30.9 Å². The number of piperidine rings is 1. The molecule has 2 aromatic rings. The van der Waals surface area contributed by atoms with Gasteiger partial charge in [0.1, 0.15) is 6.61 Å². The molecule has 1 amide bonds. The van der Waals surface area contributed by atoms with E-state index in [0.717, 1.165) is 0 Å². The number of aliphatic hydroxyl groups is 1. The topological polar surface area (TPSA) is 77.5 Å². The summed E-state index contributed by atoms with van der Waals surface area (Å²) in [6, 6.07) is 16.1. The number of carbonyl (C=O) groups excluding carboxylic acids is 1. The van der Waals surface area contributed by atoms with Crippen LogP contribution in [0.5, 0.6) is 0 Å². The van der Waals surface area contributed by atoms with Gasteiger partial charge in [0.25, 0.3) is 0 Å². The Morgan fingerprint density at radius 2 is 1.58 bits per heavy atom. The summed E-state index contributed by atoms with van der Waals surface area (Å²) in [6.07, 6.45) is 0.323. The van der Waals surface area contributed by atoms with Gasteiger partial charge in [-0.3, -0.25) is 4.90 Å². The van der Waals surface area contributed by atoms with Gasteiger partial charge in [-0.2, -0.15) is 0 Å². The summed E-state index contributed by atoms with van der Waals surface area (Å²) in [7, 11) is 3.13. The molecule has 2 unspecified atom stereocenters. The minimum Gasteiger partial charge on any atom is -0.448 e. The normalized spacial score (nSPS) is 26.2. The van der Waals surface area contributed by atoms with E-state index in [0.29, 0.717) is 32.5 Å². The number of fused-ring (bicyclic) bond motifs is 5. The zero-order valence-corrected chi connectivity index (χ0v) is 19.1. The molecule has 7 nitrogen and oxygen atoms in total. The van der Waals surface area contributed by atoms with Gasteiger partial charge in [0.2, 0.25) is 0 Å². The second-order valence-electron chi connectivity index (χ2n) is 9.29. The number of morpholine rings is 1. The molecule has 176 valence electrons. The fourth-order valence-electron chi connectivity index (χ4n) is 5.78. The predicted octanol–water partition coefficient (Wildman–Crippen LogP) is 3.54. The lowest BCUT2D eigenvalue weighted by molar-refractivity contribution is -0.181. The van der Waals surface area contributed by atoms with Crippen LogP contribution in [0.1, 0.15) is 36.3 Å². The van der Waals surface area contributed by atoms with E-state index < -0.39 is 11.9 Å². The fourth-order valence-corrected chi connectivity index (χ4v) is 5.78. The van der Waals surface area contributed by atoms with Crippen LogP contribution in [0.2, 0.25) is 0 Å². The first-order valence-corrected chi connectivity index (χ1v) is 11.5. The van der Waals surface area contributed by atoms with Gasteiger partial charge in [0.15, 0.2) is 6.29 Å². The van der Waals surface area contributed by atoms with Crippen molar-refractivity contribution in [1.82, 2.24) is 4.90 Å². The maximum absolute atomic E-state index is 13.3. The third-order valence-corrected chi connectivity index (χ3v) is 7.26. The van der Waals surface area contributed by atoms with Crippen LogP contribution in [-0.4, -0.2) is 74.1 Å². The van der Waals surface area contributed by atoms with Gasteiger partial charge in [-0.15, -0.1) is 0 Å². The lowest BCUT2D eigenvalue weighted by Gasteiger charge is -2.51. The maximum atomic E-state index is 13.3. The summed E-state index contributed by atoms with van der Waals surface area (Å²) < 4.78 is 22.2. The van der Waals surface area contributed by atoms with Gasteiger partial charge in [-0.05, 0) is 35.1 Å². The highest BCUT2D eigenvalue weighted by Gasteiger charge is 2.49. The fraction of sp³-hybridized carbons (Fsp3) is 0.500. The van der Waals surface area contributed by atoms with Crippen molar-refractivity contribution < 1.29 is 28.8 Å². The second kappa shape index (κ2) is 9.06. The van der Waals surface area contributed by atoms with E-state index in [1.807, 2.05) is 24.3 Å². The zero-order chi connectivity index (χ0) is 23.0. The summed E-state index contributed by atoms with van der Waals surface area (Å²) >= 11 is 0. The maximum Gasteiger partial charge on any atom is 0.410 e. The Hall–Kier alpha value is -2.45. The number of benzene rings is 2. The molecule has 2 aromatic carbocycles. The number of hydrogen-bond donors (Lipinski definition) is 1. The molecule has 2 aliphatic heterocycles. The van der Waals surface area contributed by atoms with Crippen molar-refractivity contribution in [2.24, 2.45) is 0 Å². The van der Waals surface area contributed by atoms with E-state index in [1.54, 1.807) is 19.1 Å². The summed E-state index contributed by atoms with van der Waals surface area (Å²) in [5.74, 6) is 0.0170. The summed E-state index contributed by atoms with van der Waals surface area (Å²) in [5.41, 5.74) is 3.80.